The van der Waals surface area contributed by atoms with E-state index >= 15 is 0 Å². The van der Waals surface area contributed by atoms with Crippen LogP contribution in [0.5, 0.6) is 0 Å². The zero-order chi connectivity index (χ0) is 10.5. The zero-order valence-electron chi connectivity index (χ0n) is 8.98. The third kappa shape index (κ3) is 3.82. The molecule has 0 saturated heterocycles. The van der Waals surface area contributed by atoms with E-state index in [1.54, 1.807) is 6.20 Å². The molecule has 1 fully saturated rings. The van der Waals surface area contributed by atoms with Crippen molar-refractivity contribution < 1.29 is 4.79 Å². The summed E-state index contributed by atoms with van der Waals surface area (Å²) in [7, 11) is 0. The number of aryl methyl sites for hydroxylation is 1. The molecule has 0 N–H and O–H groups in total. The lowest BCUT2D eigenvalue weighted by atomic mass is 10.1. The number of hydrogen-bond donors (Lipinski definition) is 0. The first kappa shape index (κ1) is 10.3. The summed E-state index contributed by atoms with van der Waals surface area (Å²) in [6.07, 6.45) is 9.71. The van der Waals surface area contributed by atoms with Crippen LogP contribution in [0.1, 0.15) is 37.7 Å². The van der Waals surface area contributed by atoms with Crippen LogP contribution in [-0.2, 0) is 11.2 Å². The Kier molecular flexibility index (Phi) is 3.49. The highest BCUT2D eigenvalue weighted by molar-refractivity contribution is 5.78. The molecule has 1 saturated carbocycles. The first-order valence-electron chi connectivity index (χ1n) is 5.75. The van der Waals surface area contributed by atoms with Gasteiger partial charge in [-0.1, -0.05) is 18.9 Å². The van der Waals surface area contributed by atoms with Gasteiger partial charge in [-0.25, -0.2) is 0 Å². The van der Waals surface area contributed by atoms with E-state index in [-0.39, 0.29) is 0 Å². The second-order valence-electron chi connectivity index (χ2n) is 4.38. The Hall–Kier alpha value is -1.18. The van der Waals surface area contributed by atoms with E-state index < -0.39 is 0 Å². The van der Waals surface area contributed by atoms with E-state index in [1.165, 1.54) is 12.8 Å². The predicted molar refractivity (Wildman–Crippen MR) is 59.5 cm³/mol. The number of rotatable bonds is 6. The predicted octanol–water partition coefficient (Wildman–Crippen LogP) is 2.77. The third-order valence-electron chi connectivity index (χ3n) is 2.94. The van der Waals surface area contributed by atoms with Gasteiger partial charge in [0, 0.05) is 25.2 Å². The van der Waals surface area contributed by atoms with Crippen molar-refractivity contribution >= 4 is 5.78 Å². The van der Waals surface area contributed by atoms with Gasteiger partial charge in [0.25, 0.3) is 0 Å². The maximum absolute atomic E-state index is 11.5. The van der Waals surface area contributed by atoms with Gasteiger partial charge in [-0.15, -0.1) is 0 Å². The van der Waals surface area contributed by atoms with Crippen molar-refractivity contribution in [3.05, 3.63) is 30.1 Å². The maximum Gasteiger partial charge on any atom is 0.133 e. The summed E-state index contributed by atoms with van der Waals surface area (Å²) < 4.78 is 0. The van der Waals surface area contributed by atoms with Crippen LogP contribution in [0.2, 0.25) is 0 Å². The van der Waals surface area contributed by atoms with Crippen molar-refractivity contribution in [3.8, 4) is 0 Å². The average molecular weight is 203 g/mol. The quantitative estimate of drug-likeness (QED) is 0.711. The largest absolute Gasteiger partial charge is 0.300 e. The van der Waals surface area contributed by atoms with E-state index in [1.807, 2.05) is 18.3 Å². The highest BCUT2D eigenvalue weighted by atomic mass is 16.1. The molecule has 0 radical (unpaired) electrons. The van der Waals surface area contributed by atoms with E-state index in [4.69, 9.17) is 0 Å². The van der Waals surface area contributed by atoms with Crippen molar-refractivity contribution in [2.75, 3.05) is 0 Å². The molecule has 1 aliphatic rings. The van der Waals surface area contributed by atoms with E-state index in [0.717, 1.165) is 30.7 Å². The molecule has 2 nitrogen and oxygen atoms in total. The molecule has 2 heteroatoms. The minimum atomic E-state index is 0.408. The third-order valence-corrected chi connectivity index (χ3v) is 2.94. The lowest BCUT2D eigenvalue weighted by molar-refractivity contribution is -0.119. The SMILES string of the molecule is O=C(CCc1cccnc1)CCC1CC1. The number of ketones is 1. The number of carbonyl (C=O) groups is 1. The molecule has 0 spiro atoms. The van der Waals surface area contributed by atoms with Gasteiger partial charge in [0.15, 0.2) is 0 Å². The zero-order valence-corrected chi connectivity index (χ0v) is 8.98. The van der Waals surface area contributed by atoms with Gasteiger partial charge in [0.1, 0.15) is 5.78 Å². The van der Waals surface area contributed by atoms with Crippen molar-refractivity contribution in [1.82, 2.24) is 4.98 Å². The minimum absolute atomic E-state index is 0.408. The monoisotopic (exact) mass is 203 g/mol. The maximum atomic E-state index is 11.5. The molecule has 1 aliphatic carbocycles. The Morgan fingerprint density at radius 2 is 2.27 bits per heavy atom. The van der Waals surface area contributed by atoms with Crippen LogP contribution < -0.4 is 0 Å². The van der Waals surface area contributed by atoms with Gasteiger partial charge in [-0.05, 0) is 30.4 Å². The van der Waals surface area contributed by atoms with Crippen molar-refractivity contribution in [1.29, 1.82) is 0 Å². The fourth-order valence-electron chi connectivity index (χ4n) is 1.73. The molecule has 1 heterocycles. The molecule has 0 aliphatic heterocycles. The molecule has 0 amide bonds. The summed E-state index contributed by atoms with van der Waals surface area (Å²) in [5, 5.41) is 0. The first-order valence-corrected chi connectivity index (χ1v) is 5.75. The first-order chi connectivity index (χ1) is 7.34. The molecular formula is C13H17NO. The standard InChI is InChI=1S/C13H17NO/c15-13(7-5-11-3-4-11)8-6-12-2-1-9-14-10-12/h1-2,9-11H,3-8H2. The second kappa shape index (κ2) is 5.06. The Morgan fingerprint density at radius 3 is 2.93 bits per heavy atom. The molecule has 15 heavy (non-hydrogen) atoms. The van der Waals surface area contributed by atoms with Gasteiger partial charge >= 0.3 is 0 Å². The molecule has 0 aromatic carbocycles. The number of hydrogen-bond acceptors (Lipinski definition) is 2. The summed E-state index contributed by atoms with van der Waals surface area (Å²) in [5.41, 5.74) is 1.16. The molecule has 0 unspecified atom stereocenters. The van der Waals surface area contributed by atoms with Gasteiger partial charge < -0.3 is 0 Å². The van der Waals surface area contributed by atoms with E-state index in [9.17, 15) is 4.79 Å². The van der Waals surface area contributed by atoms with Crippen LogP contribution >= 0.6 is 0 Å². The van der Waals surface area contributed by atoms with Crippen LogP contribution in [0.25, 0.3) is 0 Å². The Morgan fingerprint density at radius 1 is 1.40 bits per heavy atom. The molecule has 1 aromatic rings. The highest BCUT2D eigenvalue weighted by Gasteiger charge is 2.21. The van der Waals surface area contributed by atoms with Gasteiger partial charge in [0.2, 0.25) is 0 Å². The summed E-state index contributed by atoms with van der Waals surface area (Å²) in [6, 6.07) is 3.95. The van der Waals surface area contributed by atoms with Gasteiger partial charge in [0.05, 0.1) is 0 Å². The Bertz CT molecular complexity index is 317. The summed E-state index contributed by atoms with van der Waals surface area (Å²) in [6.45, 7) is 0. The van der Waals surface area contributed by atoms with Crippen molar-refractivity contribution in [3.63, 3.8) is 0 Å². The van der Waals surface area contributed by atoms with Crippen LogP contribution in [0, 0.1) is 5.92 Å². The number of nitrogens with zero attached hydrogens (tertiary/aromatic N) is 1. The number of aromatic nitrogens is 1. The molecule has 1 aromatic heterocycles. The minimum Gasteiger partial charge on any atom is -0.300 e. The average Bonchev–Trinajstić information content (AvgIpc) is 3.09. The molecule has 80 valence electrons. The smallest absolute Gasteiger partial charge is 0.133 e. The second-order valence-corrected chi connectivity index (χ2v) is 4.38. The fourth-order valence-corrected chi connectivity index (χ4v) is 1.73. The summed E-state index contributed by atoms with van der Waals surface area (Å²) in [4.78, 5) is 15.6. The van der Waals surface area contributed by atoms with Crippen LogP contribution in [0.3, 0.4) is 0 Å². The lowest BCUT2D eigenvalue weighted by Crippen LogP contribution is -2.00. The fraction of sp³-hybridized carbons (Fsp3) is 0.538. The van der Waals surface area contributed by atoms with Gasteiger partial charge in [-0.2, -0.15) is 0 Å². The van der Waals surface area contributed by atoms with Crippen LogP contribution in [-0.4, -0.2) is 10.8 Å². The summed E-state index contributed by atoms with van der Waals surface area (Å²) >= 11 is 0. The Balaban J connectivity index is 1.66. The van der Waals surface area contributed by atoms with E-state index in [0.29, 0.717) is 12.2 Å². The normalized spacial score (nSPS) is 15.2. The van der Waals surface area contributed by atoms with E-state index in [2.05, 4.69) is 4.98 Å². The van der Waals surface area contributed by atoms with Crippen LogP contribution in [0.15, 0.2) is 24.5 Å². The molecule has 0 bridgehead atoms. The number of Topliss-reactive ketones (excluding diaryl/α,β-unsaturated/α-hetero) is 1. The van der Waals surface area contributed by atoms with Crippen molar-refractivity contribution in [2.45, 2.75) is 38.5 Å². The highest BCUT2D eigenvalue weighted by Crippen LogP contribution is 2.33. The number of carbonyl (C=O) groups excluding carboxylic acids is 1. The molecule has 2 rings (SSSR count). The Labute approximate surface area is 90.7 Å². The van der Waals surface area contributed by atoms with Crippen molar-refractivity contribution in [2.24, 2.45) is 5.92 Å². The molecular weight excluding hydrogens is 186 g/mol. The number of pyridine rings is 1. The summed E-state index contributed by atoms with van der Waals surface area (Å²) in [5.74, 6) is 1.28. The van der Waals surface area contributed by atoms with Crippen LogP contribution in [0.4, 0.5) is 0 Å². The topological polar surface area (TPSA) is 30.0 Å². The van der Waals surface area contributed by atoms with Gasteiger partial charge in [-0.3, -0.25) is 9.78 Å². The lowest BCUT2D eigenvalue weighted by Gasteiger charge is -2.00. The molecule has 0 atom stereocenters.